The molecular formula is C18H24N4O3. The fourth-order valence-corrected chi connectivity index (χ4v) is 2.57. The fourth-order valence-electron chi connectivity index (χ4n) is 2.57. The summed E-state index contributed by atoms with van der Waals surface area (Å²) in [4.78, 5) is 36.2. The smallest absolute Gasteiger partial charge is 0.268 e. The minimum Gasteiger partial charge on any atom is -0.368 e. The molecule has 0 spiro atoms. The number of hydrogen-bond donors (Lipinski definition) is 2. The van der Waals surface area contributed by atoms with E-state index in [1.165, 1.54) is 5.01 Å². The van der Waals surface area contributed by atoms with Crippen molar-refractivity contribution >= 4 is 23.4 Å². The maximum absolute atomic E-state index is 12.5. The number of nitrogens with zero attached hydrogens (tertiary/aromatic N) is 2. The number of hydrazone groups is 1. The highest BCUT2D eigenvalue weighted by molar-refractivity contribution is 6.39. The Morgan fingerprint density at radius 2 is 1.88 bits per heavy atom. The number of carbonyl (C=O) groups is 3. The number of carbonyl (C=O) groups excluding carboxylic acids is 3. The van der Waals surface area contributed by atoms with E-state index in [0.717, 1.165) is 5.56 Å². The van der Waals surface area contributed by atoms with Crippen LogP contribution in [0.3, 0.4) is 0 Å². The quantitative estimate of drug-likeness (QED) is 0.838. The summed E-state index contributed by atoms with van der Waals surface area (Å²) in [7, 11) is 0. The third-order valence-corrected chi connectivity index (χ3v) is 3.97. The summed E-state index contributed by atoms with van der Waals surface area (Å²) in [5.74, 6) is -1.21. The summed E-state index contributed by atoms with van der Waals surface area (Å²) < 4.78 is 0. The van der Waals surface area contributed by atoms with Crippen LogP contribution in [0.5, 0.6) is 0 Å². The summed E-state index contributed by atoms with van der Waals surface area (Å²) >= 11 is 0. The van der Waals surface area contributed by atoms with Crippen LogP contribution in [0.4, 0.5) is 0 Å². The Hall–Kier alpha value is -2.70. The molecule has 1 heterocycles. The Bertz CT molecular complexity index is 692. The predicted octanol–water partition coefficient (Wildman–Crippen LogP) is 1.18. The van der Waals surface area contributed by atoms with Gasteiger partial charge in [0.05, 0.1) is 6.54 Å². The van der Waals surface area contributed by atoms with Crippen molar-refractivity contribution in [2.45, 2.75) is 46.2 Å². The number of amides is 3. The van der Waals surface area contributed by atoms with E-state index in [1.54, 1.807) is 0 Å². The van der Waals surface area contributed by atoms with Crippen molar-refractivity contribution in [1.29, 1.82) is 0 Å². The lowest BCUT2D eigenvalue weighted by atomic mass is 9.86. The second kappa shape index (κ2) is 7.46. The van der Waals surface area contributed by atoms with E-state index >= 15 is 0 Å². The van der Waals surface area contributed by atoms with E-state index in [0.29, 0.717) is 6.54 Å². The second-order valence-corrected chi connectivity index (χ2v) is 7.16. The predicted molar refractivity (Wildman–Crippen MR) is 94.2 cm³/mol. The second-order valence-electron chi connectivity index (χ2n) is 7.16. The number of nitrogens with two attached hydrogens (primary N) is 1. The zero-order chi connectivity index (χ0) is 18.6. The van der Waals surface area contributed by atoms with Crippen molar-refractivity contribution in [3.63, 3.8) is 0 Å². The first kappa shape index (κ1) is 18.6. The molecule has 1 aliphatic heterocycles. The standard InChI is InChI=1S/C18H24N4O3/c1-18(2,3)15(16(19)24)20-17(25)13-9-10-14(23)22(21-13)11-12-7-5-4-6-8-12/h4-8,15H,9-11H2,1-3H3,(H2,19,24)(H,20,25). The van der Waals surface area contributed by atoms with Crippen LogP contribution in [-0.2, 0) is 20.9 Å². The van der Waals surface area contributed by atoms with Crippen molar-refractivity contribution < 1.29 is 14.4 Å². The van der Waals surface area contributed by atoms with Gasteiger partial charge < -0.3 is 11.1 Å². The van der Waals surface area contributed by atoms with Gasteiger partial charge in [-0.1, -0.05) is 51.1 Å². The van der Waals surface area contributed by atoms with Crippen LogP contribution in [0.2, 0.25) is 0 Å². The molecule has 1 aromatic carbocycles. The van der Waals surface area contributed by atoms with Crippen molar-refractivity contribution in [3.05, 3.63) is 35.9 Å². The van der Waals surface area contributed by atoms with Crippen molar-refractivity contribution in [3.8, 4) is 0 Å². The topological polar surface area (TPSA) is 105 Å². The van der Waals surface area contributed by atoms with Crippen LogP contribution in [0, 0.1) is 5.41 Å². The molecule has 0 fully saturated rings. The third kappa shape index (κ3) is 4.89. The summed E-state index contributed by atoms with van der Waals surface area (Å²) in [6.07, 6.45) is 0.446. The molecule has 1 aromatic rings. The van der Waals surface area contributed by atoms with Crippen LogP contribution in [0.15, 0.2) is 35.4 Å². The zero-order valence-electron chi connectivity index (χ0n) is 14.8. The highest BCUT2D eigenvalue weighted by Gasteiger charge is 2.33. The van der Waals surface area contributed by atoms with Crippen LogP contribution in [0.1, 0.15) is 39.2 Å². The minimum absolute atomic E-state index is 0.136. The molecule has 0 aliphatic carbocycles. The molecule has 1 atom stereocenters. The Morgan fingerprint density at radius 1 is 1.24 bits per heavy atom. The Morgan fingerprint density at radius 3 is 2.44 bits per heavy atom. The summed E-state index contributed by atoms with van der Waals surface area (Å²) in [5.41, 5.74) is 6.03. The molecule has 1 unspecified atom stereocenters. The van der Waals surface area contributed by atoms with Gasteiger partial charge in [-0.25, -0.2) is 5.01 Å². The van der Waals surface area contributed by atoms with Crippen LogP contribution < -0.4 is 11.1 Å². The van der Waals surface area contributed by atoms with Gasteiger partial charge in [0, 0.05) is 12.8 Å². The first-order valence-corrected chi connectivity index (χ1v) is 8.20. The van der Waals surface area contributed by atoms with Crippen LogP contribution in [-0.4, -0.2) is 34.5 Å². The van der Waals surface area contributed by atoms with Crippen molar-refractivity contribution in [2.24, 2.45) is 16.3 Å². The van der Waals surface area contributed by atoms with E-state index in [9.17, 15) is 14.4 Å². The van der Waals surface area contributed by atoms with Crippen LogP contribution >= 0.6 is 0 Å². The number of benzene rings is 1. The first-order chi connectivity index (χ1) is 11.7. The molecule has 7 nitrogen and oxygen atoms in total. The summed E-state index contributed by atoms with van der Waals surface area (Å²) in [6, 6.07) is 8.60. The maximum Gasteiger partial charge on any atom is 0.268 e. The lowest BCUT2D eigenvalue weighted by Crippen LogP contribution is -2.54. The van der Waals surface area contributed by atoms with E-state index in [2.05, 4.69) is 10.4 Å². The summed E-state index contributed by atoms with van der Waals surface area (Å²) in [5, 5.41) is 8.13. The molecule has 7 heteroatoms. The highest BCUT2D eigenvalue weighted by atomic mass is 16.2. The lowest BCUT2D eigenvalue weighted by Gasteiger charge is -2.30. The highest BCUT2D eigenvalue weighted by Crippen LogP contribution is 2.20. The van der Waals surface area contributed by atoms with Gasteiger partial charge in [0.25, 0.3) is 5.91 Å². The third-order valence-electron chi connectivity index (χ3n) is 3.97. The van der Waals surface area contributed by atoms with Gasteiger partial charge in [-0.05, 0) is 11.0 Å². The monoisotopic (exact) mass is 344 g/mol. The fraction of sp³-hybridized carbons (Fsp3) is 0.444. The Balaban J connectivity index is 2.14. The molecule has 1 aliphatic rings. The molecule has 25 heavy (non-hydrogen) atoms. The van der Waals surface area contributed by atoms with Gasteiger partial charge in [-0.2, -0.15) is 5.10 Å². The molecule has 3 amide bonds. The van der Waals surface area contributed by atoms with Gasteiger partial charge >= 0.3 is 0 Å². The van der Waals surface area contributed by atoms with Gasteiger partial charge in [0.15, 0.2) is 0 Å². The number of hydrogen-bond acceptors (Lipinski definition) is 4. The Labute approximate surface area is 147 Å². The normalized spacial score (nSPS) is 16.2. The number of primary amides is 1. The molecule has 0 bridgehead atoms. The molecule has 2 rings (SSSR count). The molecule has 134 valence electrons. The minimum atomic E-state index is -0.817. The molecule has 0 saturated carbocycles. The van der Waals surface area contributed by atoms with Gasteiger partial charge in [0.1, 0.15) is 11.8 Å². The van der Waals surface area contributed by atoms with E-state index in [-0.39, 0.29) is 24.5 Å². The average Bonchev–Trinajstić information content (AvgIpc) is 2.54. The maximum atomic E-state index is 12.5. The number of nitrogens with one attached hydrogen (secondary N) is 1. The molecule has 0 saturated heterocycles. The molecule has 0 radical (unpaired) electrons. The van der Waals surface area contributed by atoms with E-state index in [1.807, 2.05) is 51.1 Å². The number of rotatable bonds is 5. The van der Waals surface area contributed by atoms with E-state index in [4.69, 9.17) is 5.73 Å². The van der Waals surface area contributed by atoms with Crippen molar-refractivity contribution in [1.82, 2.24) is 10.3 Å². The van der Waals surface area contributed by atoms with Gasteiger partial charge in [0.2, 0.25) is 11.8 Å². The first-order valence-electron chi connectivity index (χ1n) is 8.20. The van der Waals surface area contributed by atoms with Crippen LogP contribution in [0.25, 0.3) is 0 Å². The van der Waals surface area contributed by atoms with Gasteiger partial charge in [-0.3, -0.25) is 14.4 Å². The largest absolute Gasteiger partial charge is 0.368 e. The van der Waals surface area contributed by atoms with Gasteiger partial charge in [-0.15, -0.1) is 0 Å². The van der Waals surface area contributed by atoms with Crippen molar-refractivity contribution in [2.75, 3.05) is 0 Å². The lowest BCUT2D eigenvalue weighted by molar-refractivity contribution is -0.132. The average molecular weight is 344 g/mol. The summed E-state index contributed by atoms with van der Waals surface area (Å²) in [6.45, 7) is 5.75. The molecule has 3 N–H and O–H groups in total. The Kier molecular flexibility index (Phi) is 5.56. The van der Waals surface area contributed by atoms with E-state index < -0.39 is 23.3 Å². The molecular weight excluding hydrogens is 320 g/mol. The zero-order valence-corrected chi connectivity index (χ0v) is 14.8. The SMILES string of the molecule is CC(C)(C)C(NC(=O)C1=NN(Cc2ccccc2)C(=O)CC1)C(N)=O. The molecule has 0 aromatic heterocycles.